The van der Waals surface area contributed by atoms with Crippen LogP contribution in [0.5, 0.6) is 17.2 Å². The van der Waals surface area contributed by atoms with Crippen molar-refractivity contribution in [1.82, 2.24) is 9.78 Å². The van der Waals surface area contributed by atoms with Crippen LogP contribution in [0.2, 0.25) is 0 Å². The van der Waals surface area contributed by atoms with Gasteiger partial charge in [-0.3, -0.25) is 9.48 Å². The standard InChI is InChI=1S/C17H18N2O4/c1-3-19-11-13(10-18-19)14(20)5-4-12-8-15(21-2)17-16(9-12)22-6-7-23-17/h4-5,8-11H,3,6-7H2,1-2H3. The molecule has 120 valence electrons. The van der Waals surface area contributed by atoms with Crippen LogP contribution in [-0.2, 0) is 6.54 Å². The lowest BCUT2D eigenvalue weighted by molar-refractivity contribution is 0.104. The molecule has 3 rings (SSSR count). The summed E-state index contributed by atoms with van der Waals surface area (Å²) in [5.74, 6) is 1.72. The second-order valence-electron chi connectivity index (χ2n) is 5.03. The van der Waals surface area contributed by atoms with Gasteiger partial charge in [-0.2, -0.15) is 5.10 Å². The molecule has 0 fully saturated rings. The van der Waals surface area contributed by atoms with Gasteiger partial charge in [-0.15, -0.1) is 0 Å². The maximum atomic E-state index is 12.2. The summed E-state index contributed by atoms with van der Waals surface area (Å²) in [4.78, 5) is 12.2. The van der Waals surface area contributed by atoms with E-state index >= 15 is 0 Å². The minimum Gasteiger partial charge on any atom is -0.493 e. The monoisotopic (exact) mass is 314 g/mol. The lowest BCUT2D eigenvalue weighted by Gasteiger charge is -2.20. The van der Waals surface area contributed by atoms with E-state index in [9.17, 15) is 4.79 Å². The fourth-order valence-corrected chi connectivity index (χ4v) is 2.32. The van der Waals surface area contributed by atoms with Crippen LogP contribution in [0.3, 0.4) is 0 Å². The zero-order valence-corrected chi connectivity index (χ0v) is 13.1. The number of carbonyl (C=O) groups excluding carboxylic acids is 1. The smallest absolute Gasteiger partial charge is 0.203 e. The number of allylic oxidation sites excluding steroid dienone is 1. The molecular weight excluding hydrogens is 296 g/mol. The number of benzene rings is 1. The summed E-state index contributed by atoms with van der Waals surface area (Å²) in [7, 11) is 1.57. The van der Waals surface area contributed by atoms with E-state index in [-0.39, 0.29) is 5.78 Å². The van der Waals surface area contributed by atoms with Crippen molar-refractivity contribution in [3.05, 3.63) is 41.7 Å². The van der Waals surface area contributed by atoms with Crippen LogP contribution < -0.4 is 14.2 Å². The van der Waals surface area contributed by atoms with Crippen molar-refractivity contribution in [3.8, 4) is 17.2 Å². The molecule has 0 amide bonds. The summed E-state index contributed by atoms with van der Waals surface area (Å²) in [6.45, 7) is 3.70. The number of aryl methyl sites for hydroxylation is 1. The maximum absolute atomic E-state index is 12.2. The Morgan fingerprint density at radius 2 is 2.22 bits per heavy atom. The molecule has 6 heteroatoms. The molecule has 1 aromatic carbocycles. The normalized spacial score (nSPS) is 13.3. The number of methoxy groups -OCH3 is 1. The number of hydrogen-bond donors (Lipinski definition) is 0. The summed E-state index contributed by atoms with van der Waals surface area (Å²) in [5, 5.41) is 4.10. The zero-order valence-electron chi connectivity index (χ0n) is 13.1. The number of carbonyl (C=O) groups is 1. The Bertz CT molecular complexity index is 732. The van der Waals surface area contributed by atoms with Crippen LogP contribution >= 0.6 is 0 Å². The predicted molar refractivity (Wildman–Crippen MR) is 85.2 cm³/mol. The molecule has 1 aromatic heterocycles. The van der Waals surface area contributed by atoms with Crippen LogP contribution in [0.25, 0.3) is 6.08 Å². The number of aromatic nitrogens is 2. The molecule has 0 saturated heterocycles. The Balaban J connectivity index is 1.83. The summed E-state index contributed by atoms with van der Waals surface area (Å²) < 4.78 is 18.2. The molecule has 0 saturated carbocycles. The van der Waals surface area contributed by atoms with E-state index in [4.69, 9.17) is 14.2 Å². The van der Waals surface area contributed by atoms with E-state index in [1.807, 2.05) is 19.1 Å². The Kier molecular flexibility index (Phi) is 4.32. The van der Waals surface area contributed by atoms with E-state index in [1.165, 1.54) is 6.08 Å². The van der Waals surface area contributed by atoms with E-state index in [2.05, 4.69) is 5.10 Å². The molecule has 0 radical (unpaired) electrons. The van der Waals surface area contributed by atoms with Crippen LogP contribution in [-0.4, -0.2) is 35.9 Å². The third-order valence-electron chi connectivity index (χ3n) is 3.52. The molecule has 0 aliphatic carbocycles. The van der Waals surface area contributed by atoms with Gasteiger partial charge in [-0.05, 0) is 30.7 Å². The third-order valence-corrected chi connectivity index (χ3v) is 3.52. The average molecular weight is 314 g/mol. The van der Waals surface area contributed by atoms with E-state index in [0.29, 0.717) is 36.0 Å². The Labute approximate surface area is 134 Å². The molecule has 23 heavy (non-hydrogen) atoms. The second-order valence-corrected chi connectivity index (χ2v) is 5.03. The molecule has 2 aromatic rings. The third kappa shape index (κ3) is 3.21. The second kappa shape index (κ2) is 6.56. The first kappa shape index (κ1) is 15.1. The van der Waals surface area contributed by atoms with Crippen LogP contribution in [0.15, 0.2) is 30.6 Å². The summed E-state index contributed by atoms with van der Waals surface area (Å²) >= 11 is 0. The summed E-state index contributed by atoms with van der Waals surface area (Å²) in [6, 6.07) is 3.64. The minimum atomic E-state index is -0.0986. The van der Waals surface area contributed by atoms with E-state index < -0.39 is 0 Å². The van der Waals surface area contributed by atoms with Crippen molar-refractivity contribution < 1.29 is 19.0 Å². The Hall–Kier alpha value is -2.76. The van der Waals surface area contributed by atoms with Crippen molar-refractivity contribution in [2.24, 2.45) is 0 Å². The van der Waals surface area contributed by atoms with Gasteiger partial charge in [0.05, 0.1) is 18.9 Å². The number of nitrogens with zero attached hydrogens (tertiary/aromatic N) is 2. The molecule has 1 aliphatic heterocycles. The number of hydrogen-bond acceptors (Lipinski definition) is 5. The highest BCUT2D eigenvalue weighted by Crippen LogP contribution is 2.40. The molecule has 6 nitrogen and oxygen atoms in total. The predicted octanol–water partition coefficient (Wildman–Crippen LogP) is 2.58. The zero-order chi connectivity index (χ0) is 16.2. The molecular formula is C17H18N2O4. The quantitative estimate of drug-likeness (QED) is 0.627. The first-order valence-corrected chi connectivity index (χ1v) is 7.43. The Morgan fingerprint density at radius 3 is 2.96 bits per heavy atom. The first-order valence-electron chi connectivity index (χ1n) is 7.43. The van der Waals surface area contributed by atoms with Gasteiger partial charge in [0.2, 0.25) is 5.75 Å². The molecule has 0 N–H and O–H groups in total. The van der Waals surface area contributed by atoms with Crippen molar-refractivity contribution >= 4 is 11.9 Å². The van der Waals surface area contributed by atoms with Gasteiger partial charge < -0.3 is 14.2 Å². The van der Waals surface area contributed by atoms with Crippen molar-refractivity contribution in [2.75, 3.05) is 20.3 Å². The minimum absolute atomic E-state index is 0.0986. The molecule has 1 aliphatic rings. The number of ketones is 1. The Morgan fingerprint density at radius 1 is 1.39 bits per heavy atom. The van der Waals surface area contributed by atoms with Crippen molar-refractivity contribution in [3.63, 3.8) is 0 Å². The largest absolute Gasteiger partial charge is 0.493 e. The van der Waals surface area contributed by atoms with Crippen molar-refractivity contribution in [2.45, 2.75) is 13.5 Å². The van der Waals surface area contributed by atoms with Gasteiger partial charge in [-0.1, -0.05) is 6.08 Å². The maximum Gasteiger partial charge on any atom is 0.203 e. The van der Waals surface area contributed by atoms with E-state index in [1.54, 1.807) is 30.3 Å². The summed E-state index contributed by atoms with van der Waals surface area (Å²) in [6.07, 6.45) is 6.55. The molecule has 0 spiro atoms. The van der Waals surface area contributed by atoms with Crippen molar-refractivity contribution in [1.29, 1.82) is 0 Å². The number of fused-ring (bicyclic) bond motifs is 1. The first-order chi connectivity index (χ1) is 11.2. The molecule has 0 unspecified atom stereocenters. The van der Waals surface area contributed by atoms with Crippen LogP contribution in [0.1, 0.15) is 22.8 Å². The number of ether oxygens (including phenoxy) is 3. The van der Waals surface area contributed by atoms with Gasteiger partial charge in [0.15, 0.2) is 17.3 Å². The van der Waals surface area contributed by atoms with Gasteiger partial charge in [0.25, 0.3) is 0 Å². The molecule has 2 heterocycles. The average Bonchev–Trinajstić information content (AvgIpc) is 3.08. The lowest BCUT2D eigenvalue weighted by Crippen LogP contribution is -2.16. The number of rotatable bonds is 5. The highest BCUT2D eigenvalue weighted by Gasteiger charge is 2.17. The lowest BCUT2D eigenvalue weighted by atomic mass is 10.1. The van der Waals surface area contributed by atoms with Crippen LogP contribution in [0, 0.1) is 0 Å². The van der Waals surface area contributed by atoms with Crippen LogP contribution in [0.4, 0.5) is 0 Å². The van der Waals surface area contributed by atoms with Gasteiger partial charge in [0, 0.05) is 12.7 Å². The highest BCUT2D eigenvalue weighted by atomic mass is 16.6. The fraction of sp³-hybridized carbons (Fsp3) is 0.294. The van der Waals surface area contributed by atoms with Gasteiger partial charge in [-0.25, -0.2) is 0 Å². The van der Waals surface area contributed by atoms with Gasteiger partial charge in [0.1, 0.15) is 13.2 Å². The molecule has 0 bridgehead atoms. The SMILES string of the molecule is CCn1cc(C(=O)C=Cc2cc(OC)c3c(c2)OCCO3)cn1. The van der Waals surface area contributed by atoms with Gasteiger partial charge >= 0.3 is 0 Å². The highest BCUT2D eigenvalue weighted by molar-refractivity contribution is 6.06. The topological polar surface area (TPSA) is 62.6 Å². The fourth-order valence-electron chi connectivity index (χ4n) is 2.32. The molecule has 0 atom stereocenters. The summed E-state index contributed by atoms with van der Waals surface area (Å²) in [5.41, 5.74) is 1.37. The van der Waals surface area contributed by atoms with E-state index in [0.717, 1.165) is 12.1 Å².